The van der Waals surface area contributed by atoms with E-state index in [9.17, 15) is 20.4 Å². The van der Waals surface area contributed by atoms with E-state index < -0.39 is 18.3 Å². The van der Waals surface area contributed by atoms with Gasteiger partial charge in [0.25, 0.3) is 0 Å². The van der Waals surface area contributed by atoms with Gasteiger partial charge in [0, 0.05) is 6.54 Å². The van der Waals surface area contributed by atoms with Gasteiger partial charge in [0.1, 0.15) is 0 Å². The van der Waals surface area contributed by atoms with Crippen molar-refractivity contribution >= 4 is 0 Å². The fourth-order valence-electron chi connectivity index (χ4n) is 2.70. The maximum atomic E-state index is 12.5. The SMILES string of the molecule is CC(C)[O-].CC(C)[O-].CC(C)[O-].Cc1cc(CN2CCCC2)c([O-])c(C(C)(C)C)c1.[Ti+4]. The predicted molar refractivity (Wildman–Crippen MR) is 119 cm³/mol. The maximum absolute atomic E-state index is 12.5. The van der Waals surface area contributed by atoms with Gasteiger partial charge in [-0.15, -0.1) is 24.1 Å². The van der Waals surface area contributed by atoms with E-state index in [2.05, 4.69) is 44.7 Å². The van der Waals surface area contributed by atoms with E-state index in [0.29, 0.717) is 0 Å². The molecule has 0 aromatic heterocycles. The molecule has 31 heavy (non-hydrogen) atoms. The van der Waals surface area contributed by atoms with E-state index in [1.54, 1.807) is 41.5 Å². The van der Waals surface area contributed by atoms with Crippen molar-refractivity contribution in [3.63, 3.8) is 0 Å². The molecule has 6 heteroatoms. The van der Waals surface area contributed by atoms with Crippen molar-refractivity contribution in [2.45, 2.75) is 112 Å². The van der Waals surface area contributed by atoms with Crippen LogP contribution >= 0.6 is 0 Å². The van der Waals surface area contributed by atoms with Crippen molar-refractivity contribution in [1.29, 1.82) is 0 Å². The normalized spacial score (nSPS) is 13.5. The Balaban J connectivity index is -0.000000503. The van der Waals surface area contributed by atoms with Crippen LogP contribution in [0.2, 0.25) is 0 Å². The Hall–Kier alpha value is -0.426. The first-order chi connectivity index (χ1) is 13.6. The number of nitrogens with zero attached hydrogens (tertiary/aromatic N) is 1. The third-order valence-electron chi connectivity index (χ3n) is 3.71. The van der Waals surface area contributed by atoms with Gasteiger partial charge < -0.3 is 20.4 Å². The fourth-order valence-corrected chi connectivity index (χ4v) is 2.70. The zero-order chi connectivity index (χ0) is 24.1. The third kappa shape index (κ3) is 21.2. The van der Waals surface area contributed by atoms with Crippen LogP contribution in [-0.2, 0) is 33.7 Å². The van der Waals surface area contributed by atoms with E-state index in [4.69, 9.17) is 0 Å². The second-order valence-electron chi connectivity index (χ2n) is 9.68. The van der Waals surface area contributed by atoms with Crippen molar-refractivity contribution in [3.8, 4) is 5.75 Å². The Bertz CT molecular complexity index is 541. The summed E-state index contributed by atoms with van der Waals surface area (Å²) in [6.45, 7) is 21.2. The maximum Gasteiger partial charge on any atom is 4.00 e. The van der Waals surface area contributed by atoms with Crippen LogP contribution in [0.4, 0.5) is 0 Å². The predicted octanol–water partition coefficient (Wildman–Crippen LogP) is 2.22. The first-order valence-corrected chi connectivity index (χ1v) is 11.1. The molecule has 5 nitrogen and oxygen atoms in total. The summed E-state index contributed by atoms with van der Waals surface area (Å²) >= 11 is 0. The van der Waals surface area contributed by atoms with Gasteiger partial charge in [-0.05, 0) is 49.4 Å². The zero-order valence-electron chi connectivity index (χ0n) is 21.5. The minimum atomic E-state index is -0.417. The number of likely N-dealkylation sites (tertiary alicyclic amines) is 1. The molecule has 1 aliphatic rings. The first kappa shape index (κ1) is 35.2. The summed E-state index contributed by atoms with van der Waals surface area (Å²) in [5.41, 5.74) is 3.07. The average molecular weight is 472 g/mol. The molecule has 0 amide bonds. The van der Waals surface area contributed by atoms with Gasteiger partial charge in [0.05, 0.1) is 0 Å². The Morgan fingerprint density at radius 3 is 1.52 bits per heavy atom. The van der Waals surface area contributed by atoms with Crippen LogP contribution < -0.4 is 20.4 Å². The van der Waals surface area contributed by atoms with Crippen LogP contribution in [0.1, 0.15) is 91.8 Å². The standard InChI is InChI=1S/C16H25NO.3C3H7O.Ti/c1-12-9-13(11-17-7-5-6-8-17)15(18)14(10-12)16(2,3)4;3*1-3(2)4;/h9-10,18H,5-8,11H2,1-4H3;3*3H,1-2H3;/q;3*-1;+4/p-1. The van der Waals surface area contributed by atoms with Crippen LogP contribution in [0, 0.1) is 6.92 Å². The molecule has 1 aliphatic heterocycles. The van der Waals surface area contributed by atoms with Crippen LogP contribution in [0.5, 0.6) is 5.75 Å². The molecule has 1 heterocycles. The molecule has 0 N–H and O–H groups in total. The Morgan fingerprint density at radius 1 is 0.839 bits per heavy atom. The molecule has 1 aromatic rings. The van der Waals surface area contributed by atoms with Gasteiger partial charge in [-0.1, -0.05) is 80.0 Å². The molecular weight excluding hydrogens is 426 g/mol. The molecule has 178 valence electrons. The van der Waals surface area contributed by atoms with Gasteiger partial charge in [-0.2, -0.15) is 0 Å². The number of hydrogen-bond donors (Lipinski definition) is 0. The van der Waals surface area contributed by atoms with E-state index in [0.717, 1.165) is 30.8 Å². The minimum absolute atomic E-state index is 0. The van der Waals surface area contributed by atoms with Crippen molar-refractivity contribution in [2.24, 2.45) is 0 Å². The molecule has 0 aliphatic carbocycles. The molecule has 0 radical (unpaired) electrons. The van der Waals surface area contributed by atoms with E-state index in [1.165, 1.54) is 18.4 Å². The third-order valence-corrected chi connectivity index (χ3v) is 3.71. The van der Waals surface area contributed by atoms with Gasteiger partial charge in [0.15, 0.2) is 0 Å². The Kier molecular flexibility index (Phi) is 20.5. The van der Waals surface area contributed by atoms with Crippen molar-refractivity contribution < 1.29 is 42.1 Å². The minimum Gasteiger partial charge on any atom is -0.872 e. The first-order valence-electron chi connectivity index (χ1n) is 11.1. The monoisotopic (exact) mass is 471 g/mol. The molecule has 0 unspecified atom stereocenters. The van der Waals surface area contributed by atoms with Crippen molar-refractivity contribution in [3.05, 3.63) is 28.8 Å². The van der Waals surface area contributed by atoms with Crippen LogP contribution in [-0.4, -0.2) is 36.3 Å². The molecule has 0 saturated carbocycles. The molecule has 1 saturated heterocycles. The van der Waals surface area contributed by atoms with Crippen molar-refractivity contribution in [1.82, 2.24) is 4.90 Å². The second-order valence-corrected chi connectivity index (χ2v) is 9.68. The Labute approximate surface area is 206 Å². The van der Waals surface area contributed by atoms with Crippen LogP contribution in [0.3, 0.4) is 0 Å². The average Bonchev–Trinajstić information content (AvgIpc) is 3.00. The molecule has 2 rings (SSSR count). The second kappa shape index (κ2) is 18.1. The zero-order valence-corrected chi connectivity index (χ0v) is 23.1. The smallest absolute Gasteiger partial charge is 0.872 e. The molecule has 0 atom stereocenters. The molecule has 0 bridgehead atoms. The van der Waals surface area contributed by atoms with Gasteiger partial charge in [0.2, 0.25) is 0 Å². The largest absolute Gasteiger partial charge is 4.00 e. The van der Waals surface area contributed by atoms with Crippen LogP contribution in [0.25, 0.3) is 0 Å². The van der Waals surface area contributed by atoms with Gasteiger partial charge >= 0.3 is 21.7 Å². The molecule has 0 spiro atoms. The molecule has 1 aromatic carbocycles. The molecular formula is C25H45NO4Ti. The topological polar surface area (TPSA) is 95.5 Å². The number of rotatable bonds is 2. The number of aryl methyl sites for hydroxylation is 1. The van der Waals surface area contributed by atoms with E-state index in [1.807, 2.05) is 0 Å². The summed E-state index contributed by atoms with van der Waals surface area (Å²) in [7, 11) is 0. The quantitative estimate of drug-likeness (QED) is 0.617. The summed E-state index contributed by atoms with van der Waals surface area (Å²) < 4.78 is 0. The number of hydrogen-bond acceptors (Lipinski definition) is 5. The van der Waals surface area contributed by atoms with E-state index >= 15 is 0 Å². The summed E-state index contributed by atoms with van der Waals surface area (Å²) in [6.07, 6.45) is 1.29. The summed E-state index contributed by atoms with van der Waals surface area (Å²) in [4.78, 5) is 2.39. The Morgan fingerprint density at radius 2 is 1.19 bits per heavy atom. The van der Waals surface area contributed by atoms with Gasteiger partial charge in [-0.3, -0.25) is 4.90 Å². The fraction of sp³-hybridized carbons (Fsp3) is 0.760. The van der Waals surface area contributed by atoms with Gasteiger partial charge in [-0.25, -0.2) is 0 Å². The summed E-state index contributed by atoms with van der Waals surface area (Å²) in [6, 6.07) is 4.12. The summed E-state index contributed by atoms with van der Waals surface area (Å²) in [5, 5.41) is 41.1. The van der Waals surface area contributed by atoms with E-state index in [-0.39, 0.29) is 32.9 Å². The molecule has 1 fully saturated rings. The van der Waals surface area contributed by atoms with Crippen molar-refractivity contribution in [2.75, 3.05) is 13.1 Å². The number of benzene rings is 1. The summed E-state index contributed by atoms with van der Waals surface area (Å²) in [5.74, 6) is 0.250. The van der Waals surface area contributed by atoms with Crippen LogP contribution in [0.15, 0.2) is 12.1 Å².